The van der Waals surface area contributed by atoms with Gasteiger partial charge in [0.2, 0.25) is 0 Å². The first-order valence-corrected chi connectivity index (χ1v) is 8.67. The number of nitrogens with zero attached hydrogens (tertiary/aromatic N) is 2. The van der Waals surface area contributed by atoms with Gasteiger partial charge in [0.15, 0.2) is 0 Å². The predicted molar refractivity (Wildman–Crippen MR) is 71.9 cm³/mol. The number of benzene rings is 1. The van der Waals surface area contributed by atoms with Crippen molar-refractivity contribution in [1.82, 2.24) is 9.78 Å². The number of fused-ring (bicyclic) bond motifs is 1. The summed E-state index contributed by atoms with van der Waals surface area (Å²) >= 11 is -4.22. The van der Waals surface area contributed by atoms with E-state index >= 15 is 0 Å². The van der Waals surface area contributed by atoms with Crippen LogP contribution in [0.4, 0.5) is 17.6 Å². The summed E-state index contributed by atoms with van der Waals surface area (Å²) in [7, 11) is 0. The van der Waals surface area contributed by atoms with E-state index in [0.717, 1.165) is 18.5 Å². The molecule has 0 N–H and O–H groups in total. The van der Waals surface area contributed by atoms with Crippen molar-refractivity contribution in [2.24, 2.45) is 0 Å². The van der Waals surface area contributed by atoms with Crippen LogP contribution in [0.3, 0.4) is 0 Å². The predicted octanol–water partition coefficient (Wildman–Crippen LogP) is 3.49. The standard InChI is InChI=1S/C12H7F4IN2O2/c13-11(14,12(15,16)19-7-3-6-18-19)17-9-5-2-1-4-8(9)10(20)21-17/h1-7H. The van der Waals surface area contributed by atoms with E-state index in [4.69, 9.17) is 0 Å². The Kier molecular flexibility index (Phi) is 3.19. The van der Waals surface area contributed by atoms with Crippen molar-refractivity contribution in [2.45, 2.75) is 9.98 Å². The number of alkyl halides is 5. The zero-order valence-electron chi connectivity index (χ0n) is 10.1. The first-order valence-electron chi connectivity index (χ1n) is 5.63. The molecule has 1 aromatic heterocycles. The van der Waals surface area contributed by atoms with Crippen LogP contribution < -0.4 is 0 Å². The van der Waals surface area contributed by atoms with Gasteiger partial charge in [0.1, 0.15) is 0 Å². The molecule has 0 bridgehead atoms. The summed E-state index contributed by atoms with van der Waals surface area (Å²) in [6.07, 6.45) is 1.72. The third kappa shape index (κ3) is 2.01. The number of carbonyl (C=O) groups excluding carboxylic acids is 1. The van der Waals surface area contributed by atoms with E-state index < -0.39 is 36.2 Å². The molecular weight excluding hydrogens is 407 g/mol. The molecule has 0 spiro atoms. The van der Waals surface area contributed by atoms with Crippen LogP contribution in [-0.2, 0) is 9.11 Å². The molecular formula is C12H7F4IN2O2. The molecule has 112 valence electrons. The van der Waals surface area contributed by atoms with Gasteiger partial charge < -0.3 is 0 Å². The molecule has 1 aliphatic heterocycles. The first kappa shape index (κ1) is 14.3. The van der Waals surface area contributed by atoms with Crippen LogP contribution in [0.5, 0.6) is 0 Å². The molecule has 4 nitrogen and oxygen atoms in total. The van der Waals surface area contributed by atoms with Gasteiger partial charge in [0, 0.05) is 0 Å². The third-order valence-corrected chi connectivity index (χ3v) is 7.49. The summed E-state index contributed by atoms with van der Waals surface area (Å²) in [5.74, 6) is -0.980. The van der Waals surface area contributed by atoms with Crippen LogP contribution in [0.1, 0.15) is 10.4 Å². The fourth-order valence-electron chi connectivity index (χ4n) is 1.77. The molecule has 1 aliphatic rings. The number of hydrogen-bond donors (Lipinski definition) is 0. The average molecular weight is 414 g/mol. The molecule has 2 aromatic rings. The van der Waals surface area contributed by atoms with E-state index in [-0.39, 0.29) is 13.8 Å². The van der Waals surface area contributed by atoms with Gasteiger partial charge in [0.25, 0.3) is 0 Å². The number of aromatic nitrogens is 2. The van der Waals surface area contributed by atoms with Crippen molar-refractivity contribution in [3.8, 4) is 0 Å². The van der Waals surface area contributed by atoms with Crippen LogP contribution in [0.15, 0.2) is 42.7 Å². The SMILES string of the molecule is O=C1OI(C(F)(F)C(F)(F)n2cccn2)c2ccccc21. The first-order chi connectivity index (χ1) is 9.85. The molecule has 3 rings (SSSR count). The second-order valence-electron chi connectivity index (χ2n) is 4.08. The molecule has 0 saturated carbocycles. The van der Waals surface area contributed by atoms with Crippen molar-refractivity contribution in [3.05, 3.63) is 51.9 Å². The topological polar surface area (TPSA) is 44.1 Å². The molecule has 0 aliphatic carbocycles. The summed E-state index contributed by atoms with van der Waals surface area (Å²) in [5.41, 5.74) is -0.0707. The minimum absolute atomic E-state index is 0.0707. The van der Waals surface area contributed by atoms with Crippen molar-refractivity contribution in [1.29, 1.82) is 0 Å². The van der Waals surface area contributed by atoms with Crippen LogP contribution in [-0.4, -0.2) is 19.7 Å². The van der Waals surface area contributed by atoms with Crippen molar-refractivity contribution in [2.75, 3.05) is 0 Å². The Balaban J connectivity index is 2.06. The van der Waals surface area contributed by atoms with Gasteiger partial charge in [-0.1, -0.05) is 0 Å². The second-order valence-corrected chi connectivity index (χ2v) is 8.46. The van der Waals surface area contributed by atoms with Crippen LogP contribution >= 0.6 is 20.2 Å². The molecule has 2 heterocycles. The molecule has 21 heavy (non-hydrogen) atoms. The van der Waals surface area contributed by atoms with Crippen LogP contribution in [0, 0.1) is 3.57 Å². The Morgan fingerprint density at radius 3 is 2.52 bits per heavy atom. The summed E-state index contributed by atoms with van der Waals surface area (Å²) in [6, 6.07) is 1.94. The van der Waals surface area contributed by atoms with Gasteiger partial charge in [-0.2, -0.15) is 0 Å². The zero-order chi connectivity index (χ0) is 15.3. The van der Waals surface area contributed by atoms with Crippen LogP contribution in [0.25, 0.3) is 0 Å². The quantitative estimate of drug-likeness (QED) is 0.439. The molecule has 0 radical (unpaired) electrons. The number of rotatable bonds is 3. The molecule has 0 amide bonds. The zero-order valence-corrected chi connectivity index (χ0v) is 12.3. The normalized spacial score (nSPS) is 16.8. The van der Waals surface area contributed by atoms with E-state index in [1.807, 2.05) is 0 Å². The van der Waals surface area contributed by atoms with Crippen molar-refractivity contribution >= 4 is 26.2 Å². The maximum atomic E-state index is 14.3. The average Bonchev–Trinajstić information content (AvgIpc) is 3.08. The van der Waals surface area contributed by atoms with E-state index in [0.29, 0.717) is 0 Å². The van der Waals surface area contributed by atoms with Gasteiger partial charge in [-0.15, -0.1) is 0 Å². The Hall–Kier alpha value is -1.65. The summed E-state index contributed by atoms with van der Waals surface area (Å²) in [4.78, 5) is 11.6. The Morgan fingerprint density at radius 2 is 1.86 bits per heavy atom. The molecule has 0 unspecified atom stereocenters. The van der Waals surface area contributed by atoms with Gasteiger partial charge in [-0.3, -0.25) is 0 Å². The monoisotopic (exact) mass is 414 g/mol. The van der Waals surface area contributed by atoms with E-state index in [1.54, 1.807) is 0 Å². The third-order valence-electron chi connectivity index (χ3n) is 2.77. The van der Waals surface area contributed by atoms with Crippen LogP contribution in [0.2, 0.25) is 0 Å². The Bertz CT molecular complexity index is 690. The van der Waals surface area contributed by atoms with Gasteiger partial charge in [-0.05, 0) is 0 Å². The molecule has 0 atom stereocenters. The van der Waals surface area contributed by atoms with Crippen molar-refractivity contribution in [3.63, 3.8) is 0 Å². The molecule has 1 aromatic carbocycles. The molecule has 0 saturated heterocycles. The fourth-order valence-corrected chi connectivity index (χ4v) is 5.95. The fraction of sp³-hybridized carbons (Fsp3) is 0.167. The van der Waals surface area contributed by atoms with E-state index in [9.17, 15) is 22.4 Å². The number of halogens is 5. The second kappa shape index (κ2) is 4.68. The minimum atomic E-state index is -4.57. The Morgan fingerprint density at radius 1 is 1.14 bits per heavy atom. The van der Waals surface area contributed by atoms with Gasteiger partial charge in [-0.25, -0.2) is 0 Å². The van der Waals surface area contributed by atoms with Crippen molar-refractivity contribution < 1.29 is 25.4 Å². The Labute approximate surface area is 123 Å². The van der Waals surface area contributed by atoms with E-state index in [2.05, 4.69) is 8.16 Å². The number of hydrogen-bond acceptors (Lipinski definition) is 3. The van der Waals surface area contributed by atoms with E-state index in [1.165, 1.54) is 24.3 Å². The summed E-state index contributed by atoms with van der Waals surface area (Å²) in [5, 5.41) is 3.17. The molecule has 0 fully saturated rings. The maximum absolute atomic E-state index is 14.3. The number of carbonyl (C=O) groups is 1. The molecule has 9 heteroatoms. The van der Waals surface area contributed by atoms with Gasteiger partial charge in [0.05, 0.1) is 0 Å². The van der Waals surface area contributed by atoms with Gasteiger partial charge >= 0.3 is 123 Å². The summed E-state index contributed by atoms with van der Waals surface area (Å²) in [6.45, 7) is 0. The summed E-state index contributed by atoms with van der Waals surface area (Å²) < 4.78 is 56.6.